The summed E-state index contributed by atoms with van der Waals surface area (Å²) in [5.74, 6) is 2.08. The highest BCUT2D eigenvalue weighted by molar-refractivity contribution is 8.25. The van der Waals surface area contributed by atoms with Crippen molar-refractivity contribution in [3.63, 3.8) is 0 Å². The van der Waals surface area contributed by atoms with Gasteiger partial charge in [0.1, 0.15) is 5.75 Å². The number of esters is 1. The van der Waals surface area contributed by atoms with Gasteiger partial charge >= 0.3 is 5.97 Å². The topological polar surface area (TPSA) is 52.6 Å². The predicted molar refractivity (Wildman–Crippen MR) is 95.0 cm³/mol. The number of thioether (sulfide) groups is 2. The molecule has 1 saturated heterocycles. The summed E-state index contributed by atoms with van der Waals surface area (Å²) in [7, 11) is 1.58. The van der Waals surface area contributed by atoms with E-state index in [4.69, 9.17) is 9.47 Å². The molecule has 23 heavy (non-hydrogen) atoms. The third-order valence-electron chi connectivity index (χ3n) is 3.04. The van der Waals surface area contributed by atoms with Gasteiger partial charge in [0.2, 0.25) is 0 Å². The van der Waals surface area contributed by atoms with Gasteiger partial charge in [0, 0.05) is 28.7 Å². The van der Waals surface area contributed by atoms with Crippen LogP contribution in [0.15, 0.2) is 46.2 Å². The maximum atomic E-state index is 12.8. The molecule has 1 fully saturated rings. The molecule has 122 valence electrons. The van der Waals surface area contributed by atoms with E-state index < -0.39 is 5.97 Å². The van der Waals surface area contributed by atoms with Crippen molar-refractivity contribution in [1.29, 1.82) is 0 Å². The maximum absolute atomic E-state index is 12.8. The maximum Gasteiger partial charge on any atom is 0.330 e. The monoisotopic (exact) mass is 350 g/mol. The second-order valence-electron chi connectivity index (χ2n) is 4.54. The smallest absolute Gasteiger partial charge is 0.330 e. The Morgan fingerprint density at radius 2 is 1.78 bits per heavy atom. The first-order chi connectivity index (χ1) is 11.2. The Morgan fingerprint density at radius 1 is 1.13 bits per heavy atom. The van der Waals surface area contributed by atoms with Crippen LogP contribution in [0.4, 0.5) is 0 Å². The average molecular weight is 350 g/mol. The van der Waals surface area contributed by atoms with Gasteiger partial charge in [0.15, 0.2) is 5.78 Å². The van der Waals surface area contributed by atoms with E-state index in [2.05, 4.69) is 0 Å². The van der Waals surface area contributed by atoms with Gasteiger partial charge in [0.05, 0.1) is 18.0 Å². The van der Waals surface area contributed by atoms with E-state index in [9.17, 15) is 9.59 Å². The molecule has 0 atom stereocenters. The largest absolute Gasteiger partial charge is 0.497 e. The van der Waals surface area contributed by atoms with Gasteiger partial charge in [0.25, 0.3) is 0 Å². The number of benzene rings is 1. The van der Waals surface area contributed by atoms with Crippen LogP contribution in [0.2, 0.25) is 0 Å². The highest BCUT2D eigenvalue weighted by Crippen LogP contribution is 2.40. The SMILES string of the molecule is CCOC(=O)/C=C/C(C(=O)c1ccc(OC)cc1)=C1SCCS1. The van der Waals surface area contributed by atoms with Gasteiger partial charge in [-0.1, -0.05) is 0 Å². The van der Waals surface area contributed by atoms with Crippen LogP contribution in [0, 0.1) is 0 Å². The second-order valence-corrected chi connectivity index (χ2v) is 7.01. The third-order valence-corrected chi connectivity index (χ3v) is 5.79. The number of methoxy groups -OCH3 is 1. The van der Waals surface area contributed by atoms with Gasteiger partial charge in [-0.2, -0.15) is 0 Å². The zero-order chi connectivity index (χ0) is 16.7. The number of carbonyl (C=O) groups is 2. The molecule has 1 aromatic carbocycles. The molecule has 0 N–H and O–H groups in total. The highest BCUT2D eigenvalue weighted by Gasteiger charge is 2.19. The van der Waals surface area contributed by atoms with Crippen LogP contribution >= 0.6 is 23.5 Å². The van der Waals surface area contributed by atoms with E-state index in [1.807, 2.05) is 0 Å². The first-order valence-corrected chi connectivity index (χ1v) is 9.16. The first kappa shape index (κ1) is 17.7. The lowest BCUT2D eigenvalue weighted by Crippen LogP contribution is -2.05. The first-order valence-electron chi connectivity index (χ1n) is 7.19. The van der Waals surface area contributed by atoms with Crippen molar-refractivity contribution in [3.8, 4) is 5.75 Å². The summed E-state index contributed by atoms with van der Waals surface area (Å²) in [6, 6.07) is 6.95. The Balaban J connectivity index is 2.27. The van der Waals surface area contributed by atoms with Crippen LogP contribution in [-0.2, 0) is 9.53 Å². The van der Waals surface area contributed by atoms with E-state index in [1.54, 1.807) is 67.9 Å². The summed E-state index contributed by atoms with van der Waals surface area (Å²) in [5, 5.41) is 0. The fraction of sp³-hybridized carbons (Fsp3) is 0.294. The van der Waals surface area contributed by atoms with Crippen molar-refractivity contribution >= 4 is 35.3 Å². The number of allylic oxidation sites excluding steroid dienone is 2. The number of ketones is 1. The highest BCUT2D eigenvalue weighted by atomic mass is 32.2. The number of hydrogen-bond acceptors (Lipinski definition) is 6. The van der Waals surface area contributed by atoms with Crippen molar-refractivity contribution in [2.45, 2.75) is 6.92 Å². The van der Waals surface area contributed by atoms with Gasteiger partial charge in [-0.3, -0.25) is 4.79 Å². The summed E-state index contributed by atoms with van der Waals surface area (Å²) in [4.78, 5) is 24.3. The van der Waals surface area contributed by atoms with Crippen LogP contribution in [0.25, 0.3) is 0 Å². The van der Waals surface area contributed by atoms with Crippen molar-refractivity contribution < 1.29 is 19.1 Å². The molecule has 2 rings (SSSR count). The summed E-state index contributed by atoms with van der Waals surface area (Å²) >= 11 is 3.28. The molecule has 1 heterocycles. The van der Waals surface area contributed by atoms with Crippen LogP contribution in [0.5, 0.6) is 5.75 Å². The molecule has 1 aliphatic heterocycles. The molecule has 0 amide bonds. The normalized spacial score (nSPS) is 14.1. The van der Waals surface area contributed by atoms with Gasteiger partial charge in [-0.05, 0) is 37.3 Å². The minimum atomic E-state index is -0.443. The van der Waals surface area contributed by atoms with E-state index in [0.29, 0.717) is 23.5 Å². The lowest BCUT2D eigenvalue weighted by atomic mass is 10.0. The molecule has 0 radical (unpaired) electrons. The lowest BCUT2D eigenvalue weighted by Gasteiger charge is -2.07. The van der Waals surface area contributed by atoms with Crippen molar-refractivity contribution in [2.24, 2.45) is 0 Å². The van der Waals surface area contributed by atoms with E-state index in [1.165, 1.54) is 6.08 Å². The Kier molecular flexibility index (Phi) is 6.80. The lowest BCUT2D eigenvalue weighted by molar-refractivity contribution is -0.137. The number of hydrogen-bond donors (Lipinski definition) is 0. The number of Topliss-reactive ketones (excluding diaryl/α,β-unsaturated/α-hetero) is 1. The number of rotatable bonds is 6. The molecular weight excluding hydrogens is 332 g/mol. The minimum Gasteiger partial charge on any atom is -0.497 e. The fourth-order valence-electron chi connectivity index (χ4n) is 1.94. The Labute approximate surface area is 144 Å². The Morgan fingerprint density at radius 3 is 2.35 bits per heavy atom. The van der Waals surface area contributed by atoms with Gasteiger partial charge in [-0.25, -0.2) is 4.79 Å². The van der Waals surface area contributed by atoms with Gasteiger partial charge < -0.3 is 9.47 Å². The van der Waals surface area contributed by atoms with Crippen molar-refractivity contribution in [3.05, 3.63) is 51.8 Å². The molecule has 0 spiro atoms. The predicted octanol–water partition coefficient (Wildman–Crippen LogP) is 3.69. The zero-order valence-corrected chi connectivity index (χ0v) is 14.7. The molecule has 6 heteroatoms. The Hall–Kier alpha value is -1.66. The molecule has 4 nitrogen and oxygen atoms in total. The van der Waals surface area contributed by atoms with Crippen LogP contribution in [0.1, 0.15) is 17.3 Å². The average Bonchev–Trinajstić information content (AvgIpc) is 3.09. The van der Waals surface area contributed by atoms with E-state index in [-0.39, 0.29) is 5.78 Å². The van der Waals surface area contributed by atoms with Gasteiger partial charge in [-0.15, -0.1) is 23.5 Å². The second kappa shape index (κ2) is 8.84. The molecule has 0 saturated carbocycles. The van der Waals surface area contributed by atoms with Crippen LogP contribution < -0.4 is 4.74 Å². The zero-order valence-electron chi connectivity index (χ0n) is 13.0. The molecule has 0 bridgehead atoms. The third kappa shape index (κ3) is 4.91. The van der Waals surface area contributed by atoms with Crippen LogP contribution in [0.3, 0.4) is 0 Å². The molecule has 0 aliphatic carbocycles. The standard InChI is InChI=1S/C17H18O4S2/c1-3-21-15(18)9-8-14(17-22-10-11-23-17)16(19)12-4-6-13(20-2)7-5-12/h4-9H,3,10-11H2,1-2H3/b9-8+. The molecule has 0 aromatic heterocycles. The molecule has 1 aliphatic rings. The van der Waals surface area contributed by atoms with Crippen LogP contribution in [-0.4, -0.2) is 37.0 Å². The van der Waals surface area contributed by atoms with Crippen molar-refractivity contribution in [1.82, 2.24) is 0 Å². The minimum absolute atomic E-state index is 0.106. The van der Waals surface area contributed by atoms with E-state index in [0.717, 1.165) is 15.7 Å². The molecule has 0 unspecified atom stereocenters. The number of carbonyl (C=O) groups excluding carboxylic acids is 2. The number of ether oxygens (including phenoxy) is 2. The van der Waals surface area contributed by atoms with E-state index >= 15 is 0 Å². The molecular formula is C17H18O4S2. The summed E-state index contributed by atoms with van der Waals surface area (Å²) in [6.45, 7) is 2.06. The Bertz CT molecular complexity index is 624. The summed E-state index contributed by atoms with van der Waals surface area (Å²) in [6.07, 6.45) is 2.87. The summed E-state index contributed by atoms with van der Waals surface area (Å²) in [5.41, 5.74) is 1.10. The fourth-order valence-corrected chi connectivity index (χ4v) is 4.45. The van der Waals surface area contributed by atoms with Crippen molar-refractivity contribution in [2.75, 3.05) is 25.2 Å². The summed E-state index contributed by atoms with van der Waals surface area (Å²) < 4.78 is 10.9. The quantitative estimate of drug-likeness (QED) is 0.443. The molecule has 1 aromatic rings.